The standard InChI is InChI=1S/C12H21N3O/c1-5-8-13-9-10-6-7-11(15-14-10)16-12(2,3)4/h6-7,13H,5,8-9H2,1-4H3. The number of aromatic nitrogens is 2. The van der Waals surface area contributed by atoms with Gasteiger partial charge < -0.3 is 10.1 Å². The van der Waals surface area contributed by atoms with Crippen LogP contribution in [0.3, 0.4) is 0 Å². The van der Waals surface area contributed by atoms with Crippen LogP contribution in [0.25, 0.3) is 0 Å². The number of hydrogen-bond acceptors (Lipinski definition) is 4. The summed E-state index contributed by atoms with van der Waals surface area (Å²) in [7, 11) is 0. The quantitative estimate of drug-likeness (QED) is 0.777. The van der Waals surface area contributed by atoms with Crippen molar-refractivity contribution in [2.45, 2.75) is 46.3 Å². The summed E-state index contributed by atoms with van der Waals surface area (Å²) < 4.78 is 5.59. The van der Waals surface area contributed by atoms with Gasteiger partial charge in [0, 0.05) is 12.6 Å². The molecular weight excluding hydrogens is 202 g/mol. The van der Waals surface area contributed by atoms with E-state index in [9.17, 15) is 0 Å². The first-order valence-corrected chi connectivity index (χ1v) is 5.73. The van der Waals surface area contributed by atoms with Gasteiger partial charge in [0.05, 0.1) is 5.69 Å². The van der Waals surface area contributed by atoms with Gasteiger partial charge in [-0.05, 0) is 39.8 Å². The molecule has 0 unspecified atom stereocenters. The van der Waals surface area contributed by atoms with Crippen LogP contribution in [0.5, 0.6) is 5.88 Å². The number of rotatable bonds is 5. The number of hydrogen-bond donors (Lipinski definition) is 1. The van der Waals surface area contributed by atoms with Gasteiger partial charge in [-0.1, -0.05) is 6.92 Å². The molecule has 4 nitrogen and oxygen atoms in total. The van der Waals surface area contributed by atoms with Crippen molar-refractivity contribution in [3.05, 3.63) is 17.8 Å². The Bertz CT molecular complexity index is 303. The lowest BCUT2D eigenvalue weighted by molar-refractivity contribution is 0.122. The molecule has 1 heterocycles. The molecule has 4 heteroatoms. The van der Waals surface area contributed by atoms with Crippen molar-refractivity contribution < 1.29 is 4.74 Å². The van der Waals surface area contributed by atoms with E-state index in [-0.39, 0.29) is 5.60 Å². The summed E-state index contributed by atoms with van der Waals surface area (Å²) >= 11 is 0. The Labute approximate surface area is 97.4 Å². The average Bonchev–Trinajstić information content (AvgIpc) is 2.19. The molecule has 0 bridgehead atoms. The van der Waals surface area contributed by atoms with Gasteiger partial charge in [0.15, 0.2) is 0 Å². The topological polar surface area (TPSA) is 47.0 Å². The number of ether oxygens (including phenoxy) is 1. The zero-order chi connectivity index (χ0) is 12.0. The molecule has 0 aliphatic rings. The van der Waals surface area contributed by atoms with Gasteiger partial charge in [0.25, 0.3) is 0 Å². The average molecular weight is 223 g/mol. The van der Waals surface area contributed by atoms with Crippen molar-refractivity contribution in [2.75, 3.05) is 6.54 Å². The smallest absolute Gasteiger partial charge is 0.233 e. The summed E-state index contributed by atoms with van der Waals surface area (Å²) in [5.41, 5.74) is 0.714. The Morgan fingerprint density at radius 2 is 2.00 bits per heavy atom. The third-order valence-electron chi connectivity index (χ3n) is 1.84. The van der Waals surface area contributed by atoms with Crippen molar-refractivity contribution in [1.82, 2.24) is 15.5 Å². The van der Waals surface area contributed by atoms with Crippen LogP contribution < -0.4 is 10.1 Å². The molecule has 0 fully saturated rings. The molecule has 1 rings (SSSR count). The molecule has 0 atom stereocenters. The molecule has 0 saturated carbocycles. The third kappa shape index (κ3) is 5.07. The van der Waals surface area contributed by atoms with Crippen molar-refractivity contribution in [2.24, 2.45) is 0 Å². The van der Waals surface area contributed by atoms with Crippen molar-refractivity contribution in [3.8, 4) is 5.88 Å². The fourth-order valence-electron chi connectivity index (χ4n) is 1.20. The first-order chi connectivity index (χ1) is 7.51. The van der Waals surface area contributed by atoms with E-state index in [0.29, 0.717) is 5.88 Å². The van der Waals surface area contributed by atoms with Gasteiger partial charge in [-0.3, -0.25) is 0 Å². The number of nitrogens with zero attached hydrogens (tertiary/aromatic N) is 2. The predicted molar refractivity (Wildman–Crippen MR) is 64.4 cm³/mol. The summed E-state index contributed by atoms with van der Waals surface area (Å²) in [5, 5.41) is 11.4. The lowest BCUT2D eigenvalue weighted by atomic mass is 10.2. The van der Waals surface area contributed by atoms with E-state index < -0.39 is 0 Å². The van der Waals surface area contributed by atoms with E-state index in [2.05, 4.69) is 22.4 Å². The second-order valence-electron chi connectivity index (χ2n) is 4.75. The molecule has 0 spiro atoms. The second-order valence-corrected chi connectivity index (χ2v) is 4.75. The van der Waals surface area contributed by atoms with Crippen LogP contribution in [0.15, 0.2) is 12.1 Å². The van der Waals surface area contributed by atoms with Gasteiger partial charge >= 0.3 is 0 Å². The van der Waals surface area contributed by atoms with E-state index >= 15 is 0 Å². The minimum absolute atomic E-state index is 0.226. The molecular formula is C12H21N3O. The van der Waals surface area contributed by atoms with Crippen LogP contribution in [0.2, 0.25) is 0 Å². The van der Waals surface area contributed by atoms with Crippen LogP contribution in [0, 0.1) is 0 Å². The minimum atomic E-state index is -0.226. The Morgan fingerprint density at radius 1 is 1.25 bits per heavy atom. The molecule has 0 aliphatic carbocycles. The van der Waals surface area contributed by atoms with Crippen LogP contribution in [-0.4, -0.2) is 22.3 Å². The summed E-state index contributed by atoms with van der Waals surface area (Å²) in [6, 6.07) is 3.80. The normalized spacial score (nSPS) is 11.5. The summed E-state index contributed by atoms with van der Waals surface area (Å²) in [5.74, 6) is 0.576. The highest BCUT2D eigenvalue weighted by molar-refractivity contribution is 5.12. The maximum Gasteiger partial charge on any atom is 0.233 e. The van der Waals surface area contributed by atoms with Crippen LogP contribution in [-0.2, 0) is 6.54 Å². The van der Waals surface area contributed by atoms with E-state index in [1.54, 1.807) is 0 Å². The van der Waals surface area contributed by atoms with Gasteiger partial charge in [0.1, 0.15) is 5.60 Å². The zero-order valence-electron chi connectivity index (χ0n) is 10.6. The Hall–Kier alpha value is -1.16. The fourth-order valence-corrected chi connectivity index (χ4v) is 1.20. The second kappa shape index (κ2) is 5.80. The summed E-state index contributed by atoms with van der Waals surface area (Å²) in [6.45, 7) is 9.87. The summed E-state index contributed by atoms with van der Waals surface area (Å²) in [4.78, 5) is 0. The SMILES string of the molecule is CCCNCc1ccc(OC(C)(C)C)nn1. The first-order valence-electron chi connectivity index (χ1n) is 5.73. The zero-order valence-corrected chi connectivity index (χ0v) is 10.6. The van der Waals surface area contributed by atoms with E-state index in [0.717, 1.165) is 25.2 Å². The van der Waals surface area contributed by atoms with Crippen LogP contribution in [0.1, 0.15) is 39.8 Å². The summed E-state index contributed by atoms with van der Waals surface area (Å²) in [6.07, 6.45) is 1.12. The molecule has 90 valence electrons. The van der Waals surface area contributed by atoms with E-state index in [4.69, 9.17) is 4.74 Å². The Morgan fingerprint density at radius 3 is 2.50 bits per heavy atom. The van der Waals surface area contributed by atoms with Crippen molar-refractivity contribution in [3.63, 3.8) is 0 Å². The molecule has 16 heavy (non-hydrogen) atoms. The molecule has 1 aromatic heterocycles. The lowest BCUT2D eigenvalue weighted by Crippen LogP contribution is -2.24. The van der Waals surface area contributed by atoms with Crippen molar-refractivity contribution >= 4 is 0 Å². The fraction of sp³-hybridized carbons (Fsp3) is 0.667. The van der Waals surface area contributed by atoms with E-state index in [1.807, 2.05) is 32.9 Å². The highest BCUT2D eigenvalue weighted by atomic mass is 16.5. The molecule has 0 aliphatic heterocycles. The van der Waals surface area contributed by atoms with Gasteiger partial charge in [-0.2, -0.15) is 5.10 Å². The predicted octanol–water partition coefficient (Wildman–Crippen LogP) is 2.15. The monoisotopic (exact) mass is 223 g/mol. The lowest BCUT2D eigenvalue weighted by Gasteiger charge is -2.19. The maximum absolute atomic E-state index is 5.59. The Balaban J connectivity index is 2.48. The van der Waals surface area contributed by atoms with Crippen LogP contribution >= 0.6 is 0 Å². The largest absolute Gasteiger partial charge is 0.471 e. The highest BCUT2D eigenvalue weighted by Crippen LogP contribution is 2.13. The molecule has 1 aromatic rings. The minimum Gasteiger partial charge on any atom is -0.471 e. The van der Waals surface area contributed by atoms with Gasteiger partial charge in [-0.25, -0.2) is 0 Å². The van der Waals surface area contributed by atoms with Crippen molar-refractivity contribution in [1.29, 1.82) is 0 Å². The van der Waals surface area contributed by atoms with Gasteiger partial charge in [0.2, 0.25) is 5.88 Å². The molecule has 0 radical (unpaired) electrons. The third-order valence-corrected chi connectivity index (χ3v) is 1.84. The first kappa shape index (κ1) is 12.9. The molecule has 0 amide bonds. The van der Waals surface area contributed by atoms with Gasteiger partial charge in [-0.15, -0.1) is 5.10 Å². The molecule has 1 N–H and O–H groups in total. The molecule has 0 saturated heterocycles. The van der Waals surface area contributed by atoms with E-state index in [1.165, 1.54) is 0 Å². The molecule has 0 aromatic carbocycles. The van der Waals surface area contributed by atoms with Crippen LogP contribution in [0.4, 0.5) is 0 Å². The highest BCUT2D eigenvalue weighted by Gasteiger charge is 2.12. The number of nitrogens with one attached hydrogen (secondary N) is 1. The Kier molecular flexibility index (Phi) is 4.68. The maximum atomic E-state index is 5.59.